The standard InChI is InChI=1S/C16H20N4OS/c21-16(19-10-12-22-13-11-19)17-8-6-14-2-4-15(5-3-14)20-9-1-7-18-20/h1-5,7,9H,6,8,10-13H2,(H,17,21). The molecule has 0 aliphatic carbocycles. The van der Waals surface area contributed by atoms with Crippen molar-refractivity contribution in [3.63, 3.8) is 0 Å². The summed E-state index contributed by atoms with van der Waals surface area (Å²) in [7, 11) is 0. The first-order chi connectivity index (χ1) is 10.8. The minimum Gasteiger partial charge on any atom is -0.338 e. The first-order valence-corrected chi connectivity index (χ1v) is 8.68. The molecule has 0 saturated carbocycles. The molecule has 2 amide bonds. The molecule has 1 saturated heterocycles. The highest BCUT2D eigenvalue weighted by Crippen LogP contribution is 2.10. The number of hydrogen-bond acceptors (Lipinski definition) is 3. The average molecular weight is 316 g/mol. The molecule has 0 unspecified atom stereocenters. The Morgan fingerprint density at radius 1 is 1.23 bits per heavy atom. The van der Waals surface area contributed by atoms with Crippen LogP contribution in [0.4, 0.5) is 4.79 Å². The third kappa shape index (κ3) is 3.82. The molecule has 116 valence electrons. The van der Waals surface area contributed by atoms with Gasteiger partial charge in [0, 0.05) is 43.5 Å². The number of carbonyl (C=O) groups excluding carboxylic acids is 1. The van der Waals surface area contributed by atoms with Gasteiger partial charge in [-0.1, -0.05) is 12.1 Å². The van der Waals surface area contributed by atoms with E-state index < -0.39 is 0 Å². The maximum atomic E-state index is 12.0. The van der Waals surface area contributed by atoms with E-state index in [2.05, 4.69) is 22.5 Å². The van der Waals surface area contributed by atoms with Gasteiger partial charge in [0.05, 0.1) is 5.69 Å². The van der Waals surface area contributed by atoms with E-state index >= 15 is 0 Å². The van der Waals surface area contributed by atoms with Gasteiger partial charge < -0.3 is 10.2 Å². The van der Waals surface area contributed by atoms with Crippen LogP contribution in [0.15, 0.2) is 42.7 Å². The topological polar surface area (TPSA) is 50.2 Å². The molecular formula is C16H20N4OS. The summed E-state index contributed by atoms with van der Waals surface area (Å²) in [6.45, 7) is 2.38. The maximum absolute atomic E-state index is 12.0. The fourth-order valence-corrected chi connectivity index (χ4v) is 3.33. The summed E-state index contributed by atoms with van der Waals surface area (Å²) in [6.07, 6.45) is 4.53. The largest absolute Gasteiger partial charge is 0.338 e. The summed E-state index contributed by atoms with van der Waals surface area (Å²) in [5, 5.41) is 7.21. The van der Waals surface area contributed by atoms with Crippen LogP contribution in [0.25, 0.3) is 5.69 Å². The van der Waals surface area contributed by atoms with Crippen LogP contribution in [0.3, 0.4) is 0 Å². The van der Waals surface area contributed by atoms with Gasteiger partial charge in [0.25, 0.3) is 0 Å². The van der Waals surface area contributed by atoms with Crippen LogP contribution in [0.5, 0.6) is 0 Å². The zero-order chi connectivity index (χ0) is 15.2. The smallest absolute Gasteiger partial charge is 0.317 e. The molecule has 5 nitrogen and oxygen atoms in total. The van der Waals surface area contributed by atoms with Crippen molar-refractivity contribution in [3.8, 4) is 5.69 Å². The Morgan fingerprint density at radius 2 is 2.00 bits per heavy atom. The number of benzene rings is 1. The van der Waals surface area contributed by atoms with E-state index in [-0.39, 0.29) is 6.03 Å². The Balaban J connectivity index is 1.46. The van der Waals surface area contributed by atoms with E-state index in [1.165, 1.54) is 5.56 Å². The molecule has 0 bridgehead atoms. The van der Waals surface area contributed by atoms with Gasteiger partial charge in [0.15, 0.2) is 0 Å². The van der Waals surface area contributed by atoms with Crippen molar-refractivity contribution in [1.82, 2.24) is 20.0 Å². The Morgan fingerprint density at radius 3 is 2.68 bits per heavy atom. The number of nitrogens with one attached hydrogen (secondary N) is 1. The highest BCUT2D eigenvalue weighted by molar-refractivity contribution is 7.99. The SMILES string of the molecule is O=C(NCCc1ccc(-n2cccn2)cc1)N1CCSCC1. The monoisotopic (exact) mass is 316 g/mol. The molecule has 1 aliphatic rings. The summed E-state index contributed by atoms with van der Waals surface area (Å²) in [5.41, 5.74) is 2.26. The number of rotatable bonds is 4. The number of aromatic nitrogens is 2. The normalized spacial score (nSPS) is 14.8. The van der Waals surface area contributed by atoms with Crippen molar-refractivity contribution in [3.05, 3.63) is 48.3 Å². The Kier molecular flexibility index (Phi) is 5.00. The predicted molar refractivity (Wildman–Crippen MR) is 89.6 cm³/mol. The second-order valence-electron chi connectivity index (χ2n) is 5.20. The molecule has 1 N–H and O–H groups in total. The van der Waals surface area contributed by atoms with Crippen molar-refractivity contribution in [1.29, 1.82) is 0 Å². The van der Waals surface area contributed by atoms with Crippen molar-refractivity contribution in [2.24, 2.45) is 0 Å². The summed E-state index contributed by atoms with van der Waals surface area (Å²) >= 11 is 1.91. The number of urea groups is 1. The fourth-order valence-electron chi connectivity index (χ4n) is 2.43. The summed E-state index contributed by atoms with van der Waals surface area (Å²) < 4.78 is 1.83. The molecule has 2 aromatic rings. The number of hydrogen-bond donors (Lipinski definition) is 1. The third-order valence-electron chi connectivity index (χ3n) is 3.69. The molecule has 0 radical (unpaired) electrons. The molecule has 1 aromatic carbocycles. The lowest BCUT2D eigenvalue weighted by Gasteiger charge is -2.26. The van der Waals surface area contributed by atoms with Crippen molar-refractivity contribution in [2.45, 2.75) is 6.42 Å². The van der Waals surface area contributed by atoms with Crippen molar-refractivity contribution < 1.29 is 4.79 Å². The maximum Gasteiger partial charge on any atom is 0.317 e. The van der Waals surface area contributed by atoms with E-state index in [0.29, 0.717) is 6.54 Å². The summed E-state index contributed by atoms with van der Waals surface area (Å²) in [5.74, 6) is 2.09. The minimum atomic E-state index is 0.0634. The second-order valence-corrected chi connectivity index (χ2v) is 6.42. The van der Waals surface area contributed by atoms with Crippen LogP contribution >= 0.6 is 11.8 Å². The Hall–Kier alpha value is -1.95. The van der Waals surface area contributed by atoms with Gasteiger partial charge in [-0.15, -0.1) is 0 Å². The van der Waals surface area contributed by atoms with Gasteiger partial charge in [-0.2, -0.15) is 16.9 Å². The van der Waals surface area contributed by atoms with Crippen LogP contribution in [0, 0.1) is 0 Å². The van der Waals surface area contributed by atoms with Crippen LogP contribution < -0.4 is 5.32 Å². The van der Waals surface area contributed by atoms with Crippen LogP contribution in [0.2, 0.25) is 0 Å². The third-order valence-corrected chi connectivity index (χ3v) is 4.64. The van der Waals surface area contributed by atoms with Gasteiger partial charge >= 0.3 is 6.03 Å². The molecule has 1 aromatic heterocycles. The molecule has 6 heteroatoms. The highest BCUT2D eigenvalue weighted by atomic mass is 32.2. The quantitative estimate of drug-likeness (QED) is 0.940. The summed E-state index contributed by atoms with van der Waals surface area (Å²) in [6, 6.07) is 10.2. The number of carbonyl (C=O) groups is 1. The van der Waals surface area contributed by atoms with E-state index in [1.54, 1.807) is 6.20 Å². The second kappa shape index (κ2) is 7.35. The first-order valence-electron chi connectivity index (χ1n) is 7.52. The molecule has 1 fully saturated rings. The van der Waals surface area contributed by atoms with Gasteiger partial charge in [-0.25, -0.2) is 9.48 Å². The molecular weight excluding hydrogens is 296 g/mol. The Labute approximate surface area is 134 Å². The molecule has 2 heterocycles. The molecule has 0 spiro atoms. The van der Waals surface area contributed by atoms with Gasteiger partial charge in [-0.3, -0.25) is 0 Å². The highest BCUT2D eigenvalue weighted by Gasteiger charge is 2.15. The van der Waals surface area contributed by atoms with E-state index in [4.69, 9.17) is 0 Å². The first kappa shape index (κ1) is 15.0. The van der Waals surface area contributed by atoms with Crippen LogP contribution in [0.1, 0.15) is 5.56 Å². The summed E-state index contributed by atoms with van der Waals surface area (Å²) in [4.78, 5) is 13.9. The van der Waals surface area contributed by atoms with Crippen LogP contribution in [-0.2, 0) is 6.42 Å². The lowest BCUT2D eigenvalue weighted by molar-refractivity contribution is 0.203. The lowest BCUT2D eigenvalue weighted by Crippen LogP contribution is -2.44. The lowest BCUT2D eigenvalue weighted by atomic mass is 10.1. The van der Waals surface area contributed by atoms with Gasteiger partial charge in [0.1, 0.15) is 0 Å². The van der Waals surface area contributed by atoms with E-state index in [1.807, 2.05) is 45.7 Å². The number of amides is 2. The average Bonchev–Trinajstić information content (AvgIpc) is 3.11. The van der Waals surface area contributed by atoms with Crippen molar-refractivity contribution >= 4 is 17.8 Å². The zero-order valence-corrected chi connectivity index (χ0v) is 13.3. The minimum absolute atomic E-state index is 0.0634. The number of nitrogens with zero attached hydrogens (tertiary/aromatic N) is 3. The predicted octanol–water partition coefficient (Wildman–Crippen LogP) is 2.17. The number of thioether (sulfide) groups is 1. The Bertz CT molecular complexity index is 591. The molecule has 22 heavy (non-hydrogen) atoms. The van der Waals surface area contributed by atoms with Crippen LogP contribution in [-0.4, -0.2) is 51.9 Å². The molecule has 1 aliphatic heterocycles. The molecule has 3 rings (SSSR count). The van der Waals surface area contributed by atoms with E-state index in [0.717, 1.165) is 36.7 Å². The van der Waals surface area contributed by atoms with E-state index in [9.17, 15) is 4.79 Å². The fraction of sp³-hybridized carbons (Fsp3) is 0.375. The van der Waals surface area contributed by atoms with Gasteiger partial charge in [0.2, 0.25) is 0 Å². The zero-order valence-electron chi connectivity index (χ0n) is 12.4. The van der Waals surface area contributed by atoms with Crippen molar-refractivity contribution in [2.75, 3.05) is 31.1 Å². The van der Waals surface area contributed by atoms with Gasteiger partial charge in [-0.05, 0) is 30.2 Å². The molecule has 0 atom stereocenters.